The number of carbonyl (C=O) groups excluding carboxylic acids is 1. The van der Waals surface area contributed by atoms with Crippen LogP contribution in [0.2, 0.25) is 0 Å². The molecule has 0 saturated carbocycles. The summed E-state index contributed by atoms with van der Waals surface area (Å²) >= 11 is 1.53. The smallest absolute Gasteiger partial charge is 0.207 e. The normalized spacial score (nSPS) is 10.8. The summed E-state index contributed by atoms with van der Waals surface area (Å²) in [5.41, 5.74) is 3.19. The molecule has 0 fully saturated rings. The molecule has 0 atom stereocenters. The van der Waals surface area contributed by atoms with Crippen LogP contribution in [0, 0.1) is 0 Å². The lowest BCUT2D eigenvalue weighted by atomic mass is 10.0. The van der Waals surface area contributed by atoms with Crippen molar-refractivity contribution in [3.8, 4) is 11.5 Å². The number of nitrogens with one attached hydrogen (secondary N) is 1. The molecule has 0 aliphatic carbocycles. The van der Waals surface area contributed by atoms with E-state index in [0.29, 0.717) is 35.1 Å². The average molecular weight is 398 g/mol. The number of Topliss-reactive ketones (excluding diaryl/α,β-unsaturated/α-hetero) is 1. The van der Waals surface area contributed by atoms with E-state index in [1.54, 1.807) is 12.1 Å². The van der Waals surface area contributed by atoms with Crippen LogP contribution in [0.4, 0.5) is 0 Å². The summed E-state index contributed by atoms with van der Waals surface area (Å²) < 4.78 is 5.94. The predicted octanol–water partition coefficient (Wildman–Crippen LogP) is 3.93. The van der Waals surface area contributed by atoms with Gasteiger partial charge in [-0.2, -0.15) is 0 Å². The Morgan fingerprint density at radius 2 is 1.93 bits per heavy atom. The quantitative estimate of drug-likeness (QED) is 0.416. The fraction of sp³-hybridized carbons (Fsp3) is 0.300. The highest BCUT2D eigenvalue weighted by molar-refractivity contribution is 7.98. The topological polar surface area (TPSA) is 101 Å². The van der Waals surface area contributed by atoms with Crippen molar-refractivity contribution in [3.63, 3.8) is 0 Å². The van der Waals surface area contributed by atoms with Gasteiger partial charge in [0, 0.05) is 11.3 Å². The summed E-state index contributed by atoms with van der Waals surface area (Å²) in [4.78, 5) is 11.7. The Morgan fingerprint density at radius 3 is 2.57 bits per heavy atom. The molecule has 0 amide bonds. The summed E-state index contributed by atoms with van der Waals surface area (Å²) in [5.74, 6) is 1.25. The SMILES string of the molecule is CCCc1c(OCc2ccc(CSc3nnn[nH]3)cc2)ccc(C(C)=O)c1O. The first-order valence-electron chi connectivity index (χ1n) is 9.01. The van der Waals surface area contributed by atoms with Gasteiger partial charge < -0.3 is 9.84 Å². The second kappa shape index (κ2) is 9.36. The van der Waals surface area contributed by atoms with Crippen molar-refractivity contribution in [1.29, 1.82) is 0 Å². The molecule has 1 heterocycles. The Kier molecular flexibility index (Phi) is 6.65. The number of aromatic hydroxyl groups is 1. The monoisotopic (exact) mass is 398 g/mol. The molecule has 0 radical (unpaired) electrons. The molecule has 3 aromatic rings. The van der Waals surface area contributed by atoms with E-state index in [2.05, 4.69) is 20.6 Å². The number of aromatic nitrogens is 4. The fourth-order valence-corrected chi connectivity index (χ4v) is 3.48. The molecule has 2 aromatic carbocycles. The highest BCUT2D eigenvalue weighted by Crippen LogP contribution is 2.33. The van der Waals surface area contributed by atoms with E-state index in [9.17, 15) is 9.90 Å². The van der Waals surface area contributed by atoms with Crippen LogP contribution in [0.1, 0.15) is 47.3 Å². The van der Waals surface area contributed by atoms with Crippen molar-refractivity contribution < 1.29 is 14.6 Å². The summed E-state index contributed by atoms with van der Waals surface area (Å²) in [6.45, 7) is 3.86. The molecule has 28 heavy (non-hydrogen) atoms. The molecule has 2 N–H and O–H groups in total. The Balaban J connectivity index is 1.64. The number of tetrazole rings is 1. The van der Waals surface area contributed by atoms with Crippen LogP contribution in [0.3, 0.4) is 0 Å². The summed E-state index contributed by atoms with van der Waals surface area (Å²) in [6, 6.07) is 11.5. The van der Waals surface area contributed by atoms with Crippen molar-refractivity contribution >= 4 is 17.5 Å². The minimum Gasteiger partial charge on any atom is -0.507 e. The minimum atomic E-state index is -0.157. The fourth-order valence-electron chi connectivity index (χ4n) is 2.78. The van der Waals surface area contributed by atoms with E-state index >= 15 is 0 Å². The summed E-state index contributed by atoms with van der Waals surface area (Å²) in [6.07, 6.45) is 1.49. The van der Waals surface area contributed by atoms with Crippen LogP contribution in [0.15, 0.2) is 41.6 Å². The summed E-state index contributed by atoms with van der Waals surface area (Å²) in [5, 5.41) is 24.8. The Hall–Kier alpha value is -2.87. The molecule has 146 valence electrons. The predicted molar refractivity (Wildman–Crippen MR) is 107 cm³/mol. The number of thioether (sulfide) groups is 1. The first-order chi connectivity index (χ1) is 13.6. The Bertz CT molecular complexity index is 927. The second-order valence-electron chi connectivity index (χ2n) is 6.34. The van der Waals surface area contributed by atoms with E-state index < -0.39 is 0 Å². The van der Waals surface area contributed by atoms with Crippen molar-refractivity contribution in [1.82, 2.24) is 20.6 Å². The largest absolute Gasteiger partial charge is 0.507 e. The zero-order chi connectivity index (χ0) is 19.9. The number of aromatic amines is 1. The van der Waals surface area contributed by atoms with Crippen LogP contribution in [-0.2, 0) is 18.8 Å². The Morgan fingerprint density at radius 1 is 1.18 bits per heavy atom. The number of carbonyl (C=O) groups is 1. The molecule has 0 saturated heterocycles. The number of ketones is 1. The maximum absolute atomic E-state index is 11.7. The standard InChI is InChI=1S/C20H22N4O3S/c1-3-4-17-18(10-9-16(13(2)25)19(17)26)27-11-14-5-7-15(8-6-14)12-28-20-21-23-24-22-20/h5-10,26H,3-4,11-12H2,1-2H3,(H,21,22,23,24). The van der Waals surface area contributed by atoms with E-state index in [0.717, 1.165) is 23.3 Å². The molecule has 3 rings (SSSR count). The highest BCUT2D eigenvalue weighted by atomic mass is 32.2. The number of phenolic OH excluding ortho intramolecular Hbond substituents is 1. The lowest BCUT2D eigenvalue weighted by molar-refractivity contribution is 0.101. The van der Waals surface area contributed by atoms with E-state index in [4.69, 9.17) is 4.74 Å². The number of nitrogens with zero attached hydrogens (tertiary/aromatic N) is 3. The molecule has 1 aromatic heterocycles. The third-order valence-electron chi connectivity index (χ3n) is 4.24. The lowest BCUT2D eigenvalue weighted by Crippen LogP contribution is -2.02. The first kappa shape index (κ1) is 19.9. The third-order valence-corrected chi connectivity index (χ3v) is 5.16. The number of phenols is 1. The van der Waals surface area contributed by atoms with Crippen LogP contribution < -0.4 is 4.74 Å². The van der Waals surface area contributed by atoms with Gasteiger partial charge in [-0.15, -0.1) is 5.10 Å². The van der Waals surface area contributed by atoms with Crippen molar-refractivity contribution in [2.45, 2.75) is 44.2 Å². The van der Waals surface area contributed by atoms with Gasteiger partial charge in [-0.1, -0.05) is 49.4 Å². The number of hydrogen-bond donors (Lipinski definition) is 2. The molecule has 7 nitrogen and oxygen atoms in total. The van der Waals surface area contributed by atoms with Gasteiger partial charge in [0.25, 0.3) is 0 Å². The van der Waals surface area contributed by atoms with Gasteiger partial charge in [0.05, 0.1) is 5.56 Å². The first-order valence-corrected chi connectivity index (χ1v) is 10.00. The molecular weight excluding hydrogens is 376 g/mol. The highest BCUT2D eigenvalue weighted by Gasteiger charge is 2.16. The molecule has 0 spiro atoms. The van der Waals surface area contributed by atoms with E-state index in [-0.39, 0.29) is 11.5 Å². The Labute approximate surface area is 167 Å². The van der Waals surface area contributed by atoms with E-state index in [1.807, 2.05) is 31.2 Å². The average Bonchev–Trinajstić information content (AvgIpc) is 3.21. The van der Waals surface area contributed by atoms with Crippen molar-refractivity contribution in [2.24, 2.45) is 0 Å². The van der Waals surface area contributed by atoms with Gasteiger partial charge in [0.1, 0.15) is 18.1 Å². The second-order valence-corrected chi connectivity index (χ2v) is 7.31. The number of rotatable bonds is 9. The molecule has 8 heteroatoms. The van der Waals surface area contributed by atoms with Gasteiger partial charge >= 0.3 is 0 Å². The lowest BCUT2D eigenvalue weighted by Gasteiger charge is -2.15. The number of H-pyrrole nitrogens is 1. The van der Waals surface area contributed by atoms with Gasteiger partial charge in [-0.05, 0) is 47.0 Å². The number of ether oxygens (including phenoxy) is 1. The number of hydrogen-bond acceptors (Lipinski definition) is 7. The molecule has 0 bridgehead atoms. The molecule has 0 aliphatic heterocycles. The van der Waals surface area contributed by atoms with Gasteiger partial charge in [0.2, 0.25) is 5.16 Å². The third kappa shape index (κ3) is 4.89. The maximum atomic E-state index is 11.7. The molecule has 0 aliphatic rings. The van der Waals surface area contributed by atoms with Gasteiger partial charge in [-0.25, -0.2) is 5.10 Å². The summed E-state index contributed by atoms with van der Waals surface area (Å²) in [7, 11) is 0. The van der Waals surface area contributed by atoms with Gasteiger partial charge in [0.15, 0.2) is 5.78 Å². The number of benzene rings is 2. The van der Waals surface area contributed by atoms with Crippen molar-refractivity contribution in [3.05, 3.63) is 58.7 Å². The molecular formula is C20H22N4O3S. The zero-order valence-electron chi connectivity index (χ0n) is 15.8. The van der Waals surface area contributed by atoms with Gasteiger partial charge in [-0.3, -0.25) is 4.79 Å². The van der Waals surface area contributed by atoms with Crippen LogP contribution in [-0.4, -0.2) is 31.5 Å². The zero-order valence-corrected chi connectivity index (χ0v) is 16.6. The van der Waals surface area contributed by atoms with Crippen LogP contribution in [0.5, 0.6) is 11.5 Å². The molecule has 0 unspecified atom stereocenters. The van der Waals surface area contributed by atoms with Crippen molar-refractivity contribution in [2.75, 3.05) is 0 Å². The minimum absolute atomic E-state index is 0.0288. The van der Waals surface area contributed by atoms with E-state index in [1.165, 1.54) is 18.7 Å². The maximum Gasteiger partial charge on any atom is 0.207 e. The van der Waals surface area contributed by atoms with Crippen LogP contribution in [0.25, 0.3) is 0 Å². The van der Waals surface area contributed by atoms with Crippen LogP contribution >= 0.6 is 11.8 Å².